The first-order chi connectivity index (χ1) is 16.5. The maximum absolute atomic E-state index is 12.7. The van der Waals surface area contributed by atoms with Gasteiger partial charge in [-0.3, -0.25) is 9.69 Å². The number of rotatable bonds is 8. The lowest BCUT2D eigenvalue weighted by Crippen LogP contribution is -2.44. The van der Waals surface area contributed by atoms with E-state index in [0.29, 0.717) is 10.2 Å². The van der Waals surface area contributed by atoms with Gasteiger partial charge in [0, 0.05) is 57.0 Å². The first kappa shape index (κ1) is 23.4. The molecule has 0 radical (unpaired) electrons. The molecule has 2 atom stereocenters. The van der Waals surface area contributed by atoms with Crippen LogP contribution in [0.1, 0.15) is 6.42 Å². The number of hydrogen-bond acceptors (Lipinski definition) is 8. The van der Waals surface area contributed by atoms with Crippen molar-refractivity contribution in [2.24, 2.45) is 0 Å². The highest BCUT2D eigenvalue weighted by Crippen LogP contribution is 2.30. The summed E-state index contributed by atoms with van der Waals surface area (Å²) < 4.78 is 0. The van der Waals surface area contributed by atoms with Crippen LogP contribution in [0.25, 0.3) is 10.3 Å². The molecule has 1 N–H and O–H groups in total. The highest BCUT2D eigenvalue weighted by atomic mass is 35.5. The number of anilines is 3. The Morgan fingerprint density at radius 3 is 2.65 bits per heavy atom. The average molecular weight is 500 g/mol. The number of halogens is 1. The van der Waals surface area contributed by atoms with Crippen LogP contribution in [0, 0.1) is 0 Å². The van der Waals surface area contributed by atoms with Gasteiger partial charge < -0.3 is 20.0 Å². The normalized spacial score (nSPS) is 21.0. The number of piperazine rings is 1. The van der Waals surface area contributed by atoms with E-state index in [0.717, 1.165) is 74.1 Å². The SMILES string of the molecule is CN1CCN(CCCN2CC2C(=O)Nc2nc3ccc(N(C)c4ccc(Cl)cc4)nc3s2)CC1. The van der Waals surface area contributed by atoms with Crippen LogP contribution in [0.2, 0.25) is 5.02 Å². The Morgan fingerprint density at radius 1 is 1.12 bits per heavy atom. The standard InChI is InChI=1S/C24H30ClN7OS/c1-29-12-14-31(15-13-29)10-3-11-32-16-20(32)22(33)28-24-26-19-8-9-21(27-23(19)34-24)30(2)18-6-4-17(25)5-7-18/h4-9,20H,3,10-16H2,1-2H3,(H,26,28,33). The van der Waals surface area contributed by atoms with Gasteiger partial charge in [-0.1, -0.05) is 22.9 Å². The number of aromatic nitrogens is 2. The lowest BCUT2D eigenvalue weighted by Gasteiger charge is -2.32. The third kappa shape index (κ3) is 5.50. The monoisotopic (exact) mass is 499 g/mol. The second-order valence-electron chi connectivity index (χ2n) is 9.05. The van der Waals surface area contributed by atoms with E-state index in [2.05, 4.69) is 32.0 Å². The van der Waals surface area contributed by atoms with Gasteiger partial charge in [0.25, 0.3) is 0 Å². The first-order valence-corrected chi connectivity index (χ1v) is 12.9. The molecule has 34 heavy (non-hydrogen) atoms. The Bertz CT molecular complexity index is 1150. The van der Waals surface area contributed by atoms with E-state index in [1.54, 1.807) is 0 Å². The summed E-state index contributed by atoms with van der Waals surface area (Å²) in [5.74, 6) is 0.835. The molecule has 2 saturated heterocycles. The molecule has 2 fully saturated rings. The molecule has 1 aromatic carbocycles. The third-order valence-corrected chi connectivity index (χ3v) is 7.69. The fraction of sp³-hybridized carbons (Fsp3) is 0.458. The van der Waals surface area contributed by atoms with E-state index >= 15 is 0 Å². The van der Waals surface area contributed by atoms with Gasteiger partial charge in [0.1, 0.15) is 22.2 Å². The van der Waals surface area contributed by atoms with Gasteiger partial charge in [0.2, 0.25) is 5.91 Å². The summed E-state index contributed by atoms with van der Waals surface area (Å²) in [7, 11) is 4.14. The fourth-order valence-corrected chi connectivity index (χ4v) is 5.24. The van der Waals surface area contributed by atoms with E-state index < -0.39 is 0 Å². The van der Waals surface area contributed by atoms with Crippen molar-refractivity contribution in [2.75, 3.05) is 70.1 Å². The smallest absolute Gasteiger partial charge is 0.244 e. The lowest BCUT2D eigenvalue weighted by molar-refractivity contribution is -0.116. The molecule has 10 heteroatoms. The zero-order chi connectivity index (χ0) is 23.7. The van der Waals surface area contributed by atoms with Crippen molar-refractivity contribution in [3.63, 3.8) is 0 Å². The molecule has 4 heterocycles. The highest BCUT2D eigenvalue weighted by molar-refractivity contribution is 7.22. The van der Waals surface area contributed by atoms with Crippen molar-refractivity contribution >= 4 is 55.8 Å². The van der Waals surface area contributed by atoms with Gasteiger partial charge in [-0.15, -0.1) is 0 Å². The van der Waals surface area contributed by atoms with Crippen LogP contribution in [-0.2, 0) is 4.79 Å². The number of fused-ring (bicyclic) bond motifs is 1. The molecule has 2 aliphatic rings. The van der Waals surface area contributed by atoms with Gasteiger partial charge in [0.05, 0.1) is 0 Å². The molecular weight excluding hydrogens is 470 g/mol. The number of nitrogens with one attached hydrogen (secondary N) is 1. The molecule has 2 aromatic heterocycles. The maximum atomic E-state index is 12.7. The highest BCUT2D eigenvalue weighted by Gasteiger charge is 2.40. The van der Waals surface area contributed by atoms with E-state index in [1.807, 2.05) is 48.3 Å². The second-order valence-corrected chi connectivity index (χ2v) is 10.5. The minimum absolute atomic E-state index is 0.0251. The van der Waals surface area contributed by atoms with Gasteiger partial charge in [-0.2, -0.15) is 0 Å². The van der Waals surface area contributed by atoms with E-state index in [1.165, 1.54) is 11.3 Å². The van der Waals surface area contributed by atoms with Crippen LogP contribution >= 0.6 is 22.9 Å². The number of pyridine rings is 1. The fourth-order valence-electron chi connectivity index (χ4n) is 4.27. The van der Waals surface area contributed by atoms with Gasteiger partial charge in [0.15, 0.2) is 5.13 Å². The van der Waals surface area contributed by atoms with Crippen molar-refractivity contribution in [2.45, 2.75) is 12.5 Å². The van der Waals surface area contributed by atoms with E-state index in [-0.39, 0.29) is 11.9 Å². The predicted octanol–water partition coefficient (Wildman–Crippen LogP) is 3.37. The summed E-state index contributed by atoms with van der Waals surface area (Å²) in [4.78, 5) is 31.9. The number of likely N-dealkylation sites (N-methyl/N-ethyl adjacent to an activating group) is 1. The molecule has 0 spiro atoms. The molecule has 8 nitrogen and oxygen atoms in total. The molecule has 5 rings (SSSR count). The second kappa shape index (κ2) is 10.1. The minimum atomic E-state index is -0.0425. The summed E-state index contributed by atoms with van der Waals surface area (Å²) in [5, 5.41) is 4.30. The Hall–Kier alpha value is -2.30. The Labute approximate surface area is 209 Å². The zero-order valence-electron chi connectivity index (χ0n) is 19.6. The number of amides is 1. The molecule has 3 aromatic rings. The van der Waals surface area contributed by atoms with Gasteiger partial charge >= 0.3 is 0 Å². The van der Waals surface area contributed by atoms with Crippen LogP contribution in [0.4, 0.5) is 16.6 Å². The van der Waals surface area contributed by atoms with Crippen LogP contribution in [0.5, 0.6) is 0 Å². The largest absolute Gasteiger partial charge is 0.329 e. The van der Waals surface area contributed by atoms with Crippen LogP contribution in [0.3, 0.4) is 0 Å². The number of carbonyl (C=O) groups is 1. The minimum Gasteiger partial charge on any atom is -0.329 e. The molecule has 0 aliphatic carbocycles. The van der Waals surface area contributed by atoms with Crippen LogP contribution in [0.15, 0.2) is 36.4 Å². The number of benzene rings is 1. The third-order valence-electron chi connectivity index (χ3n) is 6.56. The van der Waals surface area contributed by atoms with Gasteiger partial charge in [-0.25, -0.2) is 9.97 Å². The lowest BCUT2D eigenvalue weighted by atomic mass is 10.3. The molecular formula is C24H30ClN7OS. The van der Waals surface area contributed by atoms with E-state index in [9.17, 15) is 4.79 Å². The maximum Gasteiger partial charge on any atom is 0.244 e. The number of nitrogens with zero attached hydrogens (tertiary/aromatic N) is 6. The number of carbonyl (C=O) groups excluding carboxylic acids is 1. The predicted molar refractivity (Wildman–Crippen MR) is 139 cm³/mol. The Morgan fingerprint density at radius 2 is 1.88 bits per heavy atom. The molecule has 180 valence electrons. The zero-order valence-corrected chi connectivity index (χ0v) is 21.1. The van der Waals surface area contributed by atoms with Crippen LogP contribution in [-0.4, -0.2) is 96.5 Å². The first-order valence-electron chi connectivity index (χ1n) is 11.7. The van der Waals surface area contributed by atoms with Gasteiger partial charge in [-0.05, 0) is 56.4 Å². The Balaban J connectivity index is 1.13. The molecule has 0 saturated carbocycles. The average Bonchev–Trinajstić information content (AvgIpc) is 3.50. The quantitative estimate of drug-likeness (QED) is 0.476. The van der Waals surface area contributed by atoms with Crippen molar-refractivity contribution in [1.82, 2.24) is 24.7 Å². The van der Waals surface area contributed by atoms with Crippen molar-refractivity contribution in [3.8, 4) is 0 Å². The molecule has 2 aliphatic heterocycles. The Kier molecular flexibility index (Phi) is 6.99. The van der Waals surface area contributed by atoms with Crippen molar-refractivity contribution in [1.29, 1.82) is 0 Å². The van der Waals surface area contributed by atoms with E-state index in [4.69, 9.17) is 16.6 Å². The van der Waals surface area contributed by atoms with Crippen LogP contribution < -0.4 is 10.2 Å². The topological polar surface area (TPSA) is 67.6 Å². The molecule has 2 unspecified atom stereocenters. The summed E-state index contributed by atoms with van der Waals surface area (Å²) >= 11 is 7.41. The van der Waals surface area contributed by atoms with Crippen molar-refractivity contribution in [3.05, 3.63) is 41.4 Å². The molecule has 0 bridgehead atoms. The summed E-state index contributed by atoms with van der Waals surface area (Å²) in [6, 6.07) is 11.5. The number of hydrogen-bond donors (Lipinski definition) is 1. The molecule has 1 amide bonds. The van der Waals surface area contributed by atoms with Crippen molar-refractivity contribution < 1.29 is 4.79 Å². The summed E-state index contributed by atoms with van der Waals surface area (Å²) in [5.41, 5.74) is 1.78. The number of thiazole rings is 1. The summed E-state index contributed by atoms with van der Waals surface area (Å²) in [6.45, 7) is 7.47. The summed E-state index contributed by atoms with van der Waals surface area (Å²) in [6.07, 6.45) is 1.10.